The lowest BCUT2D eigenvalue weighted by Gasteiger charge is -2.35. The normalized spacial score (nSPS) is 26.6. The van der Waals surface area contributed by atoms with E-state index in [9.17, 15) is 4.79 Å². The molecule has 2 saturated heterocycles. The minimum absolute atomic E-state index is 0.242. The van der Waals surface area contributed by atoms with Crippen LogP contribution in [0.3, 0.4) is 0 Å². The quantitative estimate of drug-likeness (QED) is 0.805. The SMILES string of the molecule is CC(C)N1CCCC(CNC(=O)C2CCNCC2)C1. The van der Waals surface area contributed by atoms with Gasteiger partial charge in [-0.1, -0.05) is 0 Å². The summed E-state index contributed by atoms with van der Waals surface area (Å²) in [5.74, 6) is 1.16. The second-order valence-corrected chi connectivity index (χ2v) is 6.37. The van der Waals surface area contributed by atoms with Crippen LogP contribution in [-0.2, 0) is 4.79 Å². The molecule has 1 amide bonds. The van der Waals surface area contributed by atoms with Gasteiger partial charge in [0.2, 0.25) is 5.91 Å². The second-order valence-electron chi connectivity index (χ2n) is 6.37. The van der Waals surface area contributed by atoms with Gasteiger partial charge < -0.3 is 15.5 Å². The lowest BCUT2D eigenvalue weighted by Crippen LogP contribution is -2.45. The van der Waals surface area contributed by atoms with Gasteiger partial charge in [-0.25, -0.2) is 0 Å². The molecule has 4 nitrogen and oxygen atoms in total. The maximum absolute atomic E-state index is 12.1. The Bertz CT molecular complexity index is 287. The van der Waals surface area contributed by atoms with Crippen molar-refractivity contribution in [2.75, 3.05) is 32.7 Å². The van der Waals surface area contributed by atoms with Crippen LogP contribution < -0.4 is 10.6 Å². The van der Waals surface area contributed by atoms with Gasteiger partial charge >= 0.3 is 0 Å². The maximum Gasteiger partial charge on any atom is 0.223 e. The number of likely N-dealkylation sites (tertiary alicyclic amines) is 1. The van der Waals surface area contributed by atoms with E-state index in [0.717, 1.165) is 39.0 Å². The molecular weight excluding hydrogens is 238 g/mol. The summed E-state index contributed by atoms with van der Waals surface area (Å²) < 4.78 is 0. The molecule has 0 aromatic heterocycles. The van der Waals surface area contributed by atoms with Crippen molar-refractivity contribution in [2.24, 2.45) is 11.8 Å². The highest BCUT2D eigenvalue weighted by Crippen LogP contribution is 2.18. The lowest BCUT2D eigenvalue weighted by molar-refractivity contribution is -0.126. The van der Waals surface area contributed by atoms with Crippen LogP contribution in [0.2, 0.25) is 0 Å². The minimum Gasteiger partial charge on any atom is -0.356 e. The Morgan fingerprint density at radius 2 is 2.05 bits per heavy atom. The Labute approximate surface area is 117 Å². The molecule has 0 bridgehead atoms. The van der Waals surface area contributed by atoms with Crippen molar-refractivity contribution >= 4 is 5.91 Å². The van der Waals surface area contributed by atoms with Crippen molar-refractivity contribution in [1.82, 2.24) is 15.5 Å². The zero-order chi connectivity index (χ0) is 13.7. The average Bonchev–Trinajstić information content (AvgIpc) is 2.46. The number of carbonyl (C=O) groups excluding carboxylic acids is 1. The molecule has 1 atom stereocenters. The summed E-state index contributed by atoms with van der Waals surface area (Å²) in [6, 6.07) is 0.628. The van der Waals surface area contributed by atoms with E-state index in [-0.39, 0.29) is 11.8 Å². The average molecular weight is 267 g/mol. The molecule has 0 aromatic carbocycles. The van der Waals surface area contributed by atoms with Gasteiger partial charge in [0.05, 0.1) is 0 Å². The fraction of sp³-hybridized carbons (Fsp3) is 0.933. The fourth-order valence-electron chi connectivity index (χ4n) is 3.21. The molecule has 2 aliphatic heterocycles. The van der Waals surface area contributed by atoms with Gasteiger partial charge in [0, 0.05) is 25.0 Å². The van der Waals surface area contributed by atoms with E-state index in [1.165, 1.54) is 19.4 Å². The zero-order valence-corrected chi connectivity index (χ0v) is 12.5. The topological polar surface area (TPSA) is 44.4 Å². The Hall–Kier alpha value is -0.610. The first-order chi connectivity index (χ1) is 9.16. The first-order valence-electron chi connectivity index (χ1n) is 7.89. The van der Waals surface area contributed by atoms with Gasteiger partial charge in [0.15, 0.2) is 0 Å². The van der Waals surface area contributed by atoms with Crippen LogP contribution in [0.1, 0.15) is 39.5 Å². The van der Waals surface area contributed by atoms with Crippen LogP contribution in [-0.4, -0.2) is 49.6 Å². The number of hydrogen-bond donors (Lipinski definition) is 2. The van der Waals surface area contributed by atoms with E-state index >= 15 is 0 Å². The van der Waals surface area contributed by atoms with Crippen LogP contribution in [0, 0.1) is 11.8 Å². The third-order valence-electron chi connectivity index (χ3n) is 4.56. The number of piperidine rings is 2. The molecule has 0 aliphatic carbocycles. The van der Waals surface area contributed by atoms with Crippen LogP contribution in [0.15, 0.2) is 0 Å². The summed E-state index contributed by atoms with van der Waals surface area (Å²) in [5.41, 5.74) is 0. The predicted molar refractivity (Wildman–Crippen MR) is 78.0 cm³/mol. The number of nitrogens with one attached hydrogen (secondary N) is 2. The highest BCUT2D eigenvalue weighted by atomic mass is 16.1. The second kappa shape index (κ2) is 7.25. The van der Waals surface area contributed by atoms with Crippen molar-refractivity contribution in [3.63, 3.8) is 0 Å². The molecule has 2 rings (SSSR count). The molecule has 1 unspecified atom stereocenters. The molecule has 2 fully saturated rings. The Morgan fingerprint density at radius 3 is 2.74 bits per heavy atom. The molecule has 110 valence electrons. The smallest absolute Gasteiger partial charge is 0.223 e. The van der Waals surface area contributed by atoms with Gasteiger partial charge in [0.1, 0.15) is 0 Å². The summed E-state index contributed by atoms with van der Waals surface area (Å²) in [7, 11) is 0. The molecule has 2 aliphatic rings. The third-order valence-corrected chi connectivity index (χ3v) is 4.56. The predicted octanol–water partition coefficient (Wildman–Crippen LogP) is 1.22. The number of carbonyl (C=O) groups is 1. The fourth-order valence-corrected chi connectivity index (χ4v) is 3.21. The van der Waals surface area contributed by atoms with E-state index in [1.54, 1.807) is 0 Å². The van der Waals surface area contributed by atoms with E-state index in [4.69, 9.17) is 0 Å². The summed E-state index contributed by atoms with van der Waals surface area (Å²) in [4.78, 5) is 14.6. The third kappa shape index (κ3) is 4.46. The van der Waals surface area contributed by atoms with E-state index in [0.29, 0.717) is 12.0 Å². The van der Waals surface area contributed by atoms with E-state index in [2.05, 4.69) is 29.4 Å². The Morgan fingerprint density at radius 1 is 1.32 bits per heavy atom. The molecule has 0 radical (unpaired) electrons. The Kier molecular flexibility index (Phi) is 5.64. The van der Waals surface area contributed by atoms with Crippen LogP contribution in [0.4, 0.5) is 0 Å². The molecule has 4 heteroatoms. The number of hydrogen-bond acceptors (Lipinski definition) is 3. The standard InChI is InChI=1S/C15H29N3O/c1-12(2)18-9-3-4-13(11-18)10-17-15(19)14-5-7-16-8-6-14/h12-14,16H,3-11H2,1-2H3,(H,17,19). The zero-order valence-electron chi connectivity index (χ0n) is 12.5. The van der Waals surface area contributed by atoms with Crippen molar-refractivity contribution in [2.45, 2.75) is 45.6 Å². The van der Waals surface area contributed by atoms with Gasteiger partial charge in [-0.05, 0) is 65.1 Å². The molecule has 2 heterocycles. The summed E-state index contributed by atoms with van der Waals surface area (Å²) in [6.07, 6.45) is 4.52. The molecule has 0 saturated carbocycles. The molecule has 19 heavy (non-hydrogen) atoms. The number of rotatable bonds is 4. The van der Waals surface area contributed by atoms with Crippen LogP contribution >= 0.6 is 0 Å². The number of nitrogens with zero attached hydrogens (tertiary/aromatic N) is 1. The van der Waals surface area contributed by atoms with E-state index < -0.39 is 0 Å². The Balaban J connectivity index is 1.70. The molecule has 2 N–H and O–H groups in total. The van der Waals surface area contributed by atoms with E-state index in [1.807, 2.05) is 0 Å². The first kappa shape index (κ1) is 14.8. The summed E-state index contributed by atoms with van der Waals surface area (Å²) >= 11 is 0. The molecule has 0 spiro atoms. The monoisotopic (exact) mass is 267 g/mol. The molecular formula is C15H29N3O. The minimum atomic E-state index is 0.242. The van der Waals surface area contributed by atoms with Gasteiger partial charge in [-0.3, -0.25) is 4.79 Å². The summed E-state index contributed by atoms with van der Waals surface area (Å²) in [5, 5.41) is 6.49. The van der Waals surface area contributed by atoms with Crippen LogP contribution in [0.25, 0.3) is 0 Å². The van der Waals surface area contributed by atoms with Gasteiger partial charge in [-0.2, -0.15) is 0 Å². The van der Waals surface area contributed by atoms with Crippen molar-refractivity contribution in [1.29, 1.82) is 0 Å². The first-order valence-corrected chi connectivity index (χ1v) is 7.89. The van der Waals surface area contributed by atoms with Crippen molar-refractivity contribution < 1.29 is 4.79 Å². The van der Waals surface area contributed by atoms with Crippen molar-refractivity contribution in [3.8, 4) is 0 Å². The lowest BCUT2D eigenvalue weighted by atomic mass is 9.95. The molecule has 0 aromatic rings. The highest BCUT2D eigenvalue weighted by Gasteiger charge is 2.24. The number of amides is 1. The van der Waals surface area contributed by atoms with Crippen molar-refractivity contribution in [3.05, 3.63) is 0 Å². The van der Waals surface area contributed by atoms with Gasteiger partial charge in [-0.15, -0.1) is 0 Å². The van der Waals surface area contributed by atoms with Crippen LogP contribution in [0.5, 0.6) is 0 Å². The largest absolute Gasteiger partial charge is 0.356 e. The maximum atomic E-state index is 12.1. The summed E-state index contributed by atoms with van der Waals surface area (Å²) in [6.45, 7) is 9.73. The van der Waals surface area contributed by atoms with Gasteiger partial charge in [0.25, 0.3) is 0 Å². The highest BCUT2D eigenvalue weighted by molar-refractivity contribution is 5.78.